The first kappa shape index (κ1) is 18.1. The molecule has 0 radical (unpaired) electrons. The van der Waals surface area contributed by atoms with Gasteiger partial charge < -0.3 is 9.47 Å². The van der Waals surface area contributed by atoms with Crippen LogP contribution in [0.3, 0.4) is 0 Å². The molecule has 0 aliphatic rings. The van der Waals surface area contributed by atoms with Gasteiger partial charge in [0.15, 0.2) is 0 Å². The van der Waals surface area contributed by atoms with Crippen LogP contribution >= 0.6 is 11.3 Å². The molecule has 5 nitrogen and oxygen atoms in total. The molecule has 3 rings (SSSR count). The molecule has 0 spiro atoms. The predicted molar refractivity (Wildman–Crippen MR) is 105 cm³/mol. The minimum Gasteiger partial charge on any atom is -0.497 e. The van der Waals surface area contributed by atoms with Crippen molar-refractivity contribution in [3.05, 3.63) is 48.0 Å². The lowest BCUT2D eigenvalue weighted by Gasteiger charge is -2.03. The lowest BCUT2D eigenvalue weighted by Crippen LogP contribution is -2.07. The summed E-state index contributed by atoms with van der Waals surface area (Å²) >= 11 is 1.51. The lowest BCUT2D eigenvalue weighted by molar-refractivity contribution is -0.134. The van der Waals surface area contributed by atoms with Crippen molar-refractivity contribution < 1.29 is 14.3 Å². The van der Waals surface area contributed by atoms with Gasteiger partial charge in [-0.1, -0.05) is 24.7 Å². The minimum absolute atomic E-state index is 0.196. The van der Waals surface area contributed by atoms with E-state index in [1.54, 1.807) is 25.5 Å². The molecule has 1 aromatic heterocycles. The first-order valence-corrected chi connectivity index (χ1v) is 9.29. The zero-order valence-electron chi connectivity index (χ0n) is 14.8. The Labute approximate surface area is 156 Å². The third-order valence-electron chi connectivity index (χ3n) is 3.75. The van der Waals surface area contributed by atoms with Crippen LogP contribution in [0.15, 0.2) is 47.5 Å². The highest BCUT2D eigenvalue weighted by Crippen LogP contribution is 2.30. The van der Waals surface area contributed by atoms with Gasteiger partial charge in [-0.25, -0.2) is 9.98 Å². The smallest absolute Gasteiger partial charge is 0.311 e. The van der Waals surface area contributed by atoms with Crippen LogP contribution in [0.2, 0.25) is 0 Å². The van der Waals surface area contributed by atoms with Gasteiger partial charge in [-0.3, -0.25) is 4.79 Å². The first-order valence-electron chi connectivity index (χ1n) is 8.47. The molecule has 0 saturated heterocycles. The topological polar surface area (TPSA) is 60.8 Å². The molecule has 134 valence electrons. The fourth-order valence-electron chi connectivity index (χ4n) is 2.33. The number of unbranched alkanes of at least 4 members (excludes halogenated alkanes) is 1. The zero-order chi connectivity index (χ0) is 18.4. The number of carbonyl (C=O) groups is 1. The number of rotatable bonds is 7. The van der Waals surface area contributed by atoms with Crippen molar-refractivity contribution in [2.45, 2.75) is 26.2 Å². The highest BCUT2D eigenvalue weighted by Gasteiger charge is 2.05. The highest BCUT2D eigenvalue weighted by atomic mass is 32.1. The van der Waals surface area contributed by atoms with E-state index in [0.29, 0.717) is 17.3 Å². The van der Waals surface area contributed by atoms with Gasteiger partial charge in [0.1, 0.15) is 11.5 Å². The average Bonchev–Trinajstić information content (AvgIpc) is 3.07. The Kier molecular flexibility index (Phi) is 5.96. The van der Waals surface area contributed by atoms with Crippen molar-refractivity contribution in [1.29, 1.82) is 0 Å². The molecule has 0 aliphatic heterocycles. The molecule has 26 heavy (non-hydrogen) atoms. The number of methoxy groups -OCH3 is 1. The van der Waals surface area contributed by atoms with E-state index < -0.39 is 0 Å². The number of nitrogens with zero attached hydrogens (tertiary/aromatic N) is 2. The summed E-state index contributed by atoms with van der Waals surface area (Å²) in [5.41, 5.74) is 1.81. The molecule has 0 saturated carbocycles. The monoisotopic (exact) mass is 368 g/mol. The average molecular weight is 368 g/mol. The van der Waals surface area contributed by atoms with E-state index in [1.807, 2.05) is 37.3 Å². The molecule has 3 aromatic rings. The molecule has 1 heterocycles. The van der Waals surface area contributed by atoms with Gasteiger partial charge in [0.05, 0.1) is 17.3 Å². The normalized spacial score (nSPS) is 11.2. The van der Waals surface area contributed by atoms with Crippen LogP contribution in [0.4, 0.5) is 5.13 Å². The molecular formula is C20H20N2O3S. The summed E-state index contributed by atoms with van der Waals surface area (Å²) in [7, 11) is 1.64. The summed E-state index contributed by atoms with van der Waals surface area (Å²) < 4.78 is 11.5. The number of ether oxygens (including phenoxy) is 2. The molecular weight excluding hydrogens is 348 g/mol. The molecule has 0 aliphatic carbocycles. The number of aromatic nitrogens is 1. The quantitative estimate of drug-likeness (QED) is 0.329. The summed E-state index contributed by atoms with van der Waals surface area (Å²) in [5, 5.41) is 0.684. The van der Waals surface area contributed by atoms with E-state index >= 15 is 0 Å². The Morgan fingerprint density at radius 3 is 2.69 bits per heavy atom. The number of esters is 1. The number of thiazole rings is 1. The summed E-state index contributed by atoms with van der Waals surface area (Å²) in [6.07, 6.45) is 4.01. The molecule has 0 fully saturated rings. The van der Waals surface area contributed by atoms with Gasteiger partial charge in [-0.15, -0.1) is 0 Å². The third kappa shape index (κ3) is 4.67. The predicted octanol–water partition coefficient (Wildman–Crippen LogP) is 5.15. The van der Waals surface area contributed by atoms with Gasteiger partial charge >= 0.3 is 5.97 Å². The van der Waals surface area contributed by atoms with Gasteiger partial charge in [0, 0.05) is 12.6 Å². The lowest BCUT2D eigenvalue weighted by atomic mass is 10.2. The van der Waals surface area contributed by atoms with Crippen molar-refractivity contribution in [2.75, 3.05) is 7.11 Å². The first-order chi connectivity index (χ1) is 12.7. The molecule has 0 amide bonds. The Balaban J connectivity index is 1.66. The van der Waals surface area contributed by atoms with Crippen LogP contribution in [0, 0.1) is 0 Å². The standard InChI is InChI=1S/C20H20N2O3S/c1-3-4-5-19(23)25-15-8-6-14(7-9-15)13-21-20-22-17-11-10-16(24-2)12-18(17)26-20/h6-13H,3-5H2,1-2H3/b21-13+. The van der Waals surface area contributed by atoms with Crippen LogP contribution in [0.25, 0.3) is 10.2 Å². The highest BCUT2D eigenvalue weighted by molar-refractivity contribution is 7.22. The Bertz CT molecular complexity index is 916. The van der Waals surface area contributed by atoms with E-state index in [1.165, 1.54) is 11.3 Å². The van der Waals surface area contributed by atoms with Crippen molar-refractivity contribution in [3.63, 3.8) is 0 Å². The Morgan fingerprint density at radius 1 is 1.19 bits per heavy atom. The molecule has 2 aromatic carbocycles. The number of carbonyl (C=O) groups excluding carboxylic acids is 1. The maximum absolute atomic E-state index is 11.6. The van der Waals surface area contributed by atoms with Crippen LogP contribution < -0.4 is 9.47 Å². The van der Waals surface area contributed by atoms with Crippen LogP contribution in [-0.4, -0.2) is 24.3 Å². The van der Waals surface area contributed by atoms with Crippen molar-refractivity contribution in [1.82, 2.24) is 4.98 Å². The minimum atomic E-state index is -0.196. The largest absolute Gasteiger partial charge is 0.497 e. The van der Waals surface area contributed by atoms with Gasteiger partial charge in [0.25, 0.3) is 0 Å². The second-order valence-electron chi connectivity index (χ2n) is 5.73. The molecule has 0 bridgehead atoms. The summed E-state index contributed by atoms with van der Waals surface area (Å²) in [6, 6.07) is 13.0. The maximum atomic E-state index is 11.6. The van der Waals surface area contributed by atoms with Gasteiger partial charge in [0.2, 0.25) is 5.13 Å². The van der Waals surface area contributed by atoms with E-state index in [0.717, 1.165) is 34.4 Å². The summed E-state index contributed by atoms with van der Waals surface area (Å²) in [4.78, 5) is 20.6. The number of hydrogen-bond donors (Lipinski definition) is 0. The summed E-state index contributed by atoms with van der Waals surface area (Å²) in [6.45, 7) is 2.04. The maximum Gasteiger partial charge on any atom is 0.311 e. The zero-order valence-corrected chi connectivity index (χ0v) is 15.6. The van der Waals surface area contributed by atoms with E-state index in [4.69, 9.17) is 9.47 Å². The van der Waals surface area contributed by atoms with Crippen molar-refractivity contribution >= 4 is 38.9 Å². The van der Waals surface area contributed by atoms with Gasteiger partial charge in [-0.05, 0) is 54.4 Å². The summed E-state index contributed by atoms with van der Waals surface area (Å²) in [5.74, 6) is 1.16. The van der Waals surface area contributed by atoms with Crippen LogP contribution in [0.1, 0.15) is 31.7 Å². The van der Waals surface area contributed by atoms with Crippen LogP contribution in [-0.2, 0) is 4.79 Å². The number of fused-ring (bicyclic) bond motifs is 1. The van der Waals surface area contributed by atoms with E-state index in [-0.39, 0.29) is 5.97 Å². The fourth-order valence-corrected chi connectivity index (χ4v) is 3.17. The molecule has 0 atom stereocenters. The number of hydrogen-bond acceptors (Lipinski definition) is 6. The van der Waals surface area contributed by atoms with E-state index in [2.05, 4.69) is 9.98 Å². The van der Waals surface area contributed by atoms with Crippen molar-refractivity contribution in [2.24, 2.45) is 4.99 Å². The Morgan fingerprint density at radius 2 is 1.96 bits per heavy atom. The number of aliphatic imine (C=N–C) groups is 1. The molecule has 0 unspecified atom stereocenters. The Hall–Kier alpha value is -2.73. The second kappa shape index (κ2) is 8.58. The van der Waals surface area contributed by atoms with Crippen LogP contribution in [0.5, 0.6) is 11.5 Å². The van der Waals surface area contributed by atoms with Gasteiger partial charge in [-0.2, -0.15) is 0 Å². The molecule has 0 N–H and O–H groups in total. The second-order valence-corrected chi connectivity index (χ2v) is 6.74. The fraction of sp³-hybridized carbons (Fsp3) is 0.250. The SMILES string of the molecule is CCCCC(=O)Oc1ccc(/C=N/c2nc3ccc(OC)cc3s2)cc1. The third-order valence-corrected chi connectivity index (χ3v) is 4.68. The number of benzene rings is 2. The van der Waals surface area contributed by atoms with Crippen molar-refractivity contribution in [3.8, 4) is 11.5 Å². The van der Waals surface area contributed by atoms with E-state index in [9.17, 15) is 4.79 Å². The molecule has 6 heteroatoms.